The number of alkyl halides is 3. The number of rotatable bonds is 1. The van der Waals surface area contributed by atoms with E-state index in [0.29, 0.717) is 6.54 Å². The maximum Gasteiger partial charge on any atom is 0.407 e. The fourth-order valence-corrected chi connectivity index (χ4v) is 1.42. The van der Waals surface area contributed by atoms with Crippen molar-refractivity contribution in [1.29, 1.82) is 0 Å². The number of halogens is 3. The van der Waals surface area contributed by atoms with Gasteiger partial charge in [-0.05, 0) is 18.9 Å². The Morgan fingerprint density at radius 2 is 2.08 bits per heavy atom. The second kappa shape index (κ2) is 3.70. The molecule has 0 aliphatic carbocycles. The van der Waals surface area contributed by atoms with E-state index in [1.54, 1.807) is 0 Å². The van der Waals surface area contributed by atoms with Crippen LogP contribution in [0.1, 0.15) is 20.3 Å². The molecule has 0 saturated carbocycles. The van der Waals surface area contributed by atoms with Crippen LogP contribution in [0.15, 0.2) is 11.6 Å². The van der Waals surface area contributed by atoms with Gasteiger partial charge in [0, 0.05) is 0 Å². The lowest BCUT2D eigenvalue weighted by Gasteiger charge is -2.26. The average molecular weight is 193 g/mol. The van der Waals surface area contributed by atoms with Gasteiger partial charge in [-0.1, -0.05) is 25.5 Å². The first-order valence-corrected chi connectivity index (χ1v) is 4.42. The molecular weight excluding hydrogens is 179 g/mol. The summed E-state index contributed by atoms with van der Waals surface area (Å²) < 4.78 is 36.8. The molecule has 0 aromatic heterocycles. The van der Waals surface area contributed by atoms with Crippen LogP contribution in [0.25, 0.3) is 0 Å². The minimum atomic E-state index is -4.15. The molecule has 1 unspecified atom stereocenters. The van der Waals surface area contributed by atoms with Crippen LogP contribution in [0.3, 0.4) is 0 Å². The topological polar surface area (TPSA) is 12.0 Å². The zero-order chi connectivity index (χ0) is 10.1. The zero-order valence-corrected chi connectivity index (χ0v) is 7.78. The predicted molar refractivity (Wildman–Crippen MR) is 45.4 cm³/mol. The largest absolute Gasteiger partial charge is 0.407 e. The summed E-state index contributed by atoms with van der Waals surface area (Å²) in [6.45, 7) is 4.27. The van der Waals surface area contributed by atoms with Crippen molar-refractivity contribution in [1.82, 2.24) is 5.32 Å². The van der Waals surface area contributed by atoms with Gasteiger partial charge in [-0.25, -0.2) is 0 Å². The quantitative estimate of drug-likeness (QED) is 0.631. The van der Waals surface area contributed by atoms with E-state index in [9.17, 15) is 13.2 Å². The van der Waals surface area contributed by atoms with E-state index in [2.05, 4.69) is 5.32 Å². The second-order valence-electron chi connectivity index (χ2n) is 3.62. The summed E-state index contributed by atoms with van der Waals surface area (Å²) >= 11 is 0. The third-order valence-corrected chi connectivity index (χ3v) is 2.25. The lowest BCUT2D eigenvalue weighted by Crippen LogP contribution is -2.44. The van der Waals surface area contributed by atoms with Crippen molar-refractivity contribution < 1.29 is 13.2 Å². The summed E-state index contributed by atoms with van der Waals surface area (Å²) in [6, 6.07) is -1.45. The van der Waals surface area contributed by atoms with E-state index in [0.717, 1.165) is 12.0 Å². The Morgan fingerprint density at radius 1 is 1.46 bits per heavy atom. The van der Waals surface area contributed by atoms with Crippen molar-refractivity contribution >= 4 is 0 Å². The van der Waals surface area contributed by atoms with Crippen LogP contribution in [0, 0.1) is 5.92 Å². The molecule has 0 fully saturated rings. The molecule has 0 bridgehead atoms. The van der Waals surface area contributed by atoms with Crippen LogP contribution in [0.5, 0.6) is 0 Å². The highest BCUT2D eigenvalue weighted by Gasteiger charge is 2.39. The second-order valence-corrected chi connectivity index (χ2v) is 3.62. The smallest absolute Gasteiger partial charge is 0.303 e. The molecule has 1 aliphatic rings. The van der Waals surface area contributed by atoms with E-state index < -0.39 is 12.2 Å². The van der Waals surface area contributed by atoms with Crippen molar-refractivity contribution in [2.24, 2.45) is 5.92 Å². The van der Waals surface area contributed by atoms with Crippen LogP contribution in [-0.2, 0) is 0 Å². The first-order chi connectivity index (χ1) is 5.91. The van der Waals surface area contributed by atoms with Crippen molar-refractivity contribution in [2.75, 3.05) is 6.54 Å². The fraction of sp³-hybridized carbons (Fsp3) is 0.778. The van der Waals surface area contributed by atoms with Gasteiger partial charge < -0.3 is 5.32 Å². The van der Waals surface area contributed by atoms with Crippen LogP contribution in [0.2, 0.25) is 0 Å². The highest BCUT2D eigenvalue weighted by Crippen LogP contribution is 2.27. The molecular formula is C9H14F3N. The van der Waals surface area contributed by atoms with Crippen LogP contribution >= 0.6 is 0 Å². The summed E-state index contributed by atoms with van der Waals surface area (Å²) in [6.07, 6.45) is -2.11. The molecule has 1 atom stereocenters. The average Bonchev–Trinajstić information content (AvgIpc) is 2.03. The fourth-order valence-electron chi connectivity index (χ4n) is 1.42. The SMILES string of the molecule is CC(C)C1=CC(C(F)(F)F)NCC1. The van der Waals surface area contributed by atoms with Crippen molar-refractivity contribution in [3.05, 3.63) is 11.6 Å². The molecule has 1 aliphatic heterocycles. The summed E-state index contributed by atoms with van der Waals surface area (Å²) in [4.78, 5) is 0. The molecule has 0 aromatic rings. The van der Waals surface area contributed by atoms with E-state index in [1.165, 1.54) is 6.08 Å². The van der Waals surface area contributed by atoms with Gasteiger partial charge in [-0.15, -0.1) is 0 Å². The van der Waals surface area contributed by atoms with Gasteiger partial charge in [0.05, 0.1) is 0 Å². The Hall–Kier alpha value is -0.510. The molecule has 0 amide bonds. The molecule has 0 radical (unpaired) electrons. The van der Waals surface area contributed by atoms with Crippen molar-refractivity contribution in [3.8, 4) is 0 Å². The van der Waals surface area contributed by atoms with Crippen molar-refractivity contribution in [2.45, 2.75) is 32.5 Å². The molecule has 1 heterocycles. The molecule has 0 spiro atoms. The lowest BCUT2D eigenvalue weighted by molar-refractivity contribution is -0.145. The summed E-state index contributed by atoms with van der Waals surface area (Å²) in [5.74, 6) is 0.215. The molecule has 0 aromatic carbocycles. The highest BCUT2D eigenvalue weighted by atomic mass is 19.4. The third-order valence-electron chi connectivity index (χ3n) is 2.25. The van der Waals surface area contributed by atoms with E-state index in [-0.39, 0.29) is 5.92 Å². The molecule has 13 heavy (non-hydrogen) atoms. The summed E-state index contributed by atoms with van der Waals surface area (Å²) in [5.41, 5.74) is 0.904. The van der Waals surface area contributed by atoms with Crippen molar-refractivity contribution in [3.63, 3.8) is 0 Å². The minimum Gasteiger partial charge on any atom is -0.303 e. The van der Waals surface area contributed by atoms with Gasteiger partial charge >= 0.3 is 6.18 Å². The normalized spacial score (nSPS) is 24.8. The maximum absolute atomic E-state index is 12.3. The molecule has 1 nitrogen and oxygen atoms in total. The number of hydrogen-bond donors (Lipinski definition) is 1. The van der Waals surface area contributed by atoms with Crippen LogP contribution in [0.4, 0.5) is 13.2 Å². The Balaban J connectivity index is 2.74. The zero-order valence-electron chi connectivity index (χ0n) is 7.78. The monoisotopic (exact) mass is 193 g/mol. The van der Waals surface area contributed by atoms with E-state index in [1.807, 2.05) is 13.8 Å². The third kappa shape index (κ3) is 2.72. The van der Waals surface area contributed by atoms with Gasteiger partial charge in [0.2, 0.25) is 0 Å². The Morgan fingerprint density at radius 3 is 2.54 bits per heavy atom. The Labute approximate surface area is 76.0 Å². The van der Waals surface area contributed by atoms with Gasteiger partial charge in [0.15, 0.2) is 0 Å². The highest BCUT2D eigenvalue weighted by molar-refractivity contribution is 5.14. The maximum atomic E-state index is 12.3. The standard InChI is InChI=1S/C9H14F3N/c1-6(2)7-3-4-13-8(5-7)9(10,11)12/h5-6,8,13H,3-4H2,1-2H3. The van der Waals surface area contributed by atoms with Gasteiger partial charge in [0.1, 0.15) is 6.04 Å². The summed E-state index contributed by atoms with van der Waals surface area (Å²) in [7, 11) is 0. The molecule has 1 rings (SSSR count). The number of hydrogen-bond acceptors (Lipinski definition) is 1. The lowest BCUT2D eigenvalue weighted by atomic mass is 9.94. The predicted octanol–water partition coefficient (Wildman–Crippen LogP) is 2.49. The molecule has 1 N–H and O–H groups in total. The minimum absolute atomic E-state index is 0.215. The molecule has 4 heteroatoms. The van der Waals surface area contributed by atoms with Gasteiger partial charge in [-0.2, -0.15) is 13.2 Å². The van der Waals surface area contributed by atoms with Gasteiger partial charge in [-0.3, -0.25) is 0 Å². The molecule has 76 valence electrons. The first-order valence-electron chi connectivity index (χ1n) is 4.42. The Bertz CT molecular complexity index is 205. The Kier molecular flexibility index (Phi) is 3.01. The van der Waals surface area contributed by atoms with Crippen LogP contribution < -0.4 is 5.32 Å². The van der Waals surface area contributed by atoms with E-state index in [4.69, 9.17) is 0 Å². The van der Waals surface area contributed by atoms with Gasteiger partial charge in [0.25, 0.3) is 0 Å². The number of nitrogens with one attached hydrogen (secondary N) is 1. The first kappa shape index (κ1) is 10.6. The van der Waals surface area contributed by atoms with Crippen LogP contribution in [-0.4, -0.2) is 18.8 Å². The summed E-state index contributed by atoms with van der Waals surface area (Å²) in [5, 5.41) is 2.44. The molecule has 0 saturated heterocycles. The van der Waals surface area contributed by atoms with E-state index >= 15 is 0 Å².